The quantitative estimate of drug-likeness (QED) is 0.725. The van der Waals surface area contributed by atoms with Crippen molar-refractivity contribution in [3.8, 4) is 5.75 Å². The highest BCUT2D eigenvalue weighted by Gasteiger charge is 2.18. The van der Waals surface area contributed by atoms with Crippen molar-refractivity contribution in [1.29, 1.82) is 0 Å². The fourth-order valence-electron chi connectivity index (χ4n) is 2.31. The summed E-state index contributed by atoms with van der Waals surface area (Å²) in [6.45, 7) is 1.14. The van der Waals surface area contributed by atoms with Crippen LogP contribution in [-0.2, 0) is 4.79 Å². The molecule has 124 valence electrons. The Morgan fingerprint density at radius 3 is 3.00 bits per heavy atom. The number of para-hydroxylation sites is 1. The molecule has 5 nitrogen and oxygen atoms in total. The number of amides is 1. The fraction of sp³-hybridized carbons (Fsp3) is 0.533. The molecule has 2 rings (SSSR count). The summed E-state index contributed by atoms with van der Waals surface area (Å²) in [4.78, 5) is 11.9. The molecule has 1 aromatic carbocycles. The third kappa shape index (κ3) is 5.68. The van der Waals surface area contributed by atoms with Gasteiger partial charge in [0, 0.05) is 42.6 Å². The predicted molar refractivity (Wildman–Crippen MR) is 91.9 cm³/mol. The Morgan fingerprint density at radius 1 is 1.55 bits per heavy atom. The maximum Gasteiger partial charge on any atom is 0.221 e. The number of methoxy groups -OCH3 is 1. The number of nitrogens with one attached hydrogen (secondary N) is 2. The maximum atomic E-state index is 11.9. The Hall–Kier alpha value is -0.950. The van der Waals surface area contributed by atoms with E-state index in [0.29, 0.717) is 17.7 Å². The van der Waals surface area contributed by atoms with Crippen LogP contribution in [0.2, 0.25) is 0 Å². The average molecular weight is 347 g/mol. The lowest BCUT2D eigenvalue weighted by molar-refractivity contribution is -0.122. The molecule has 1 aliphatic rings. The maximum absolute atomic E-state index is 11.9. The van der Waals surface area contributed by atoms with Gasteiger partial charge in [-0.25, -0.2) is 0 Å². The van der Waals surface area contributed by atoms with E-state index in [-0.39, 0.29) is 30.9 Å². The lowest BCUT2D eigenvalue weighted by Crippen LogP contribution is -2.41. The van der Waals surface area contributed by atoms with E-state index in [1.54, 1.807) is 19.2 Å². The number of ether oxygens (including phenoxy) is 1. The Bertz CT molecular complexity index is 470. The van der Waals surface area contributed by atoms with Crippen LogP contribution in [0.5, 0.6) is 5.75 Å². The topological polar surface area (TPSA) is 70.6 Å². The summed E-state index contributed by atoms with van der Waals surface area (Å²) in [5.41, 5.74) is 0.687. The van der Waals surface area contributed by atoms with Gasteiger partial charge in [-0.3, -0.25) is 4.79 Å². The molecule has 3 N–H and O–H groups in total. The first-order chi connectivity index (χ1) is 10.2. The van der Waals surface area contributed by atoms with Gasteiger partial charge < -0.3 is 20.5 Å². The molecule has 0 bridgehead atoms. The zero-order valence-electron chi connectivity index (χ0n) is 12.6. The summed E-state index contributed by atoms with van der Waals surface area (Å²) in [6.07, 6.45) is -0.315. The first-order valence-corrected chi connectivity index (χ1v) is 8.25. The number of aliphatic hydroxyl groups is 1. The van der Waals surface area contributed by atoms with E-state index >= 15 is 0 Å². The molecule has 1 aromatic rings. The monoisotopic (exact) mass is 346 g/mol. The van der Waals surface area contributed by atoms with Gasteiger partial charge in [0.1, 0.15) is 5.75 Å². The first-order valence-electron chi connectivity index (χ1n) is 7.09. The van der Waals surface area contributed by atoms with Crippen LogP contribution in [0, 0.1) is 0 Å². The molecular weight excluding hydrogens is 324 g/mol. The fourth-order valence-corrected chi connectivity index (χ4v) is 3.26. The summed E-state index contributed by atoms with van der Waals surface area (Å²) in [5.74, 6) is 2.65. The third-order valence-electron chi connectivity index (χ3n) is 3.42. The van der Waals surface area contributed by atoms with E-state index in [0.717, 1.165) is 18.1 Å². The minimum Gasteiger partial charge on any atom is -0.496 e. The highest BCUT2D eigenvalue weighted by atomic mass is 35.5. The van der Waals surface area contributed by atoms with Crippen molar-refractivity contribution in [2.24, 2.45) is 0 Å². The van der Waals surface area contributed by atoms with Gasteiger partial charge in [0.2, 0.25) is 5.91 Å². The van der Waals surface area contributed by atoms with Crippen LogP contribution >= 0.6 is 24.2 Å². The normalized spacial score (nSPS) is 18.9. The molecular formula is C15H23ClN2O3S. The highest BCUT2D eigenvalue weighted by molar-refractivity contribution is 7.99. The zero-order chi connectivity index (χ0) is 15.1. The molecule has 0 saturated carbocycles. The summed E-state index contributed by atoms with van der Waals surface area (Å²) in [7, 11) is 1.57. The lowest BCUT2D eigenvalue weighted by atomic mass is 10.1. The van der Waals surface area contributed by atoms with Gasteiger partial charge in [-0.05, 0) is 6.07 Å². The summed E-state index contributed by atoms with van der Waals surface area (Å²) in [5, 5.41) is 16.3. The van der Waals surface area contributed by atoms with Gasteiger partial charge in [0.15, 0.2) is 0 Å². The van der Waals surface area contributed by atoms with Crippen molar-refractivity contribution >= 4 is 30.1 Å². The highest BCUT2D eigenvalue weighted by Crippen LogP contribution is 2.24. The number of rotatable bonds is 6. The van der Waals surface area contributed by atoms with E-state index in [1.807, 2.05) is 23.9 Å². The Morgan fingerprint density at radius 2 is 2.32 bits per heavy atom. The molecule has 1 amide bonds. The Balaban J connectivity index is 0.00000242. The zero-order valence-corrected chi connectivity index (χ0v) is 14.2. The van der Waals surface area contributed by atoms with Gasteiger partial charge in [-0.1, -0.05) is 18.2 Å². The molecule has 1 aliphatic heterocycles. The van der Waals surface area contributed by atoms with Crippen LogP contribution in [-0.4, -0.2) is 48.8 Å². The largest absolute Gasteiger partial charge is 0.496 e. The van der Waals surface area contributed by atoms with E-state index in [9.17, 15) is 9.90 Å². The second-order valence-corrected chi connectivity index (χ2v) is 6.14. The Labute approximate surface area is 141 Å². The molecule has 0 aliphatic carbocycles. The second-order valence-electron chi connectivity index (χ2n) is 4.99. The Kier molecular flexibility index (Phi) is 8.63. The minimum absolute atomic E-state index is 0. The van der Waals surface area contributed by atoms with Crippen molar-refractivity contribution in [2.75, 3.05) is 31.7 Å². The van der Waals surface area contributed by atoms with Crippen LogP contribution in [0.15, 0.2) is 24.3 Å². The van der Waals surface area contributed by atoms with Crippen LogP contribution in [0.1, 0.15) is 18.1 Å². The molecule has 1 heterocycles. The van der Waals surface area contributed by atoms with Gasteiger partial charge in [0.25, 0.3) is 0 Å². The number of halogens is 1. The number of hydrogen-bond acceptors (Lipinski definition) is 5. The molecule has 0 spiro atoms. The molecule has 22 heavy (non-hydrogen) atoms. The summed E-state index contributed by atoms with van der Waals surface area (Å²) < 4.78 is 5.21. The van der Waals surface area contributed by atoms with E-state index in [4.69, 9.17) is 4.74 Å². The molecule has 1 saturated heterocycles. The number of carbonyl (C=O) groups is 1. The molecule has 2 unspecified atom stereocenters. The van der Waals surface area contributed by atoms with Gasteiger partial charge >= 0.3 is 0 Å². The van der Waals surface area contributed by atoms with Crippen LogP contribution in [0.4, 0.5) is 0 Å². The number of hydrogen-bond donors (Lipinski definition) is 3. The van der Waals surface area contributed by atoms with Crippen molar-refractivity contribution in [3.05, 3.63) is 29.8 Å². The standard InChI is InChI=1S/C15H22N2O3S.ClH/c1-20-14-5-3-2-4-12(14)13(18)9-17-15(19)8-11-10-21-7-6-16-11;/h2-5,11,13,16,18H,6-10H2,1H3,(H,17,19);1H. The smallest absolute Gasteiger partial charge is 0.221 e. The van der Waals surface area contributed by atoms with Crippen LogP contribution in [0.3, 0.4) is 0 Å². The van der Waals surface area contributed by atoms with Gasteiger partial charge in [0.05, 0.1) is 13.2 Å². The minimum atomic E-state index is -0.765. The van der Waals surface area contributed by atoms with E-state index < -0.39 is 6.10 Å². The molecule has 2 atom stereocenters. The summed E-state index contributed by atoms with van der Waals surface area (Å²) >= 11 is 1.86. The molecule has 7 heteroatoms. The molecule has 1 fully saturated rings. The molecule has 0 radical (unpaired) electrons. The average Bonchev–Trinajstić information content (AvgIpc) is 2.53. The predicted octanol–water partition coefficient (Wildman–Crippen LogP) is 1.36. The van der Waals surface area contributed by atoms with Crippen molar-refractivity contribution < 1.29 is 14.6 Å². The van der Waals surface area contributed by atoms with Gasteiger partial charge in [-0.2, -0.15) is 11.8 Å². The van der Waals surface area contributed by atoms with E-state index in [2.05, 4.69) is 10.6 Å². The van der Waals surface area contributed by atoms with Crippen LogP contribution < -0.4 is 15.4 Å². The number of thioether (sulfide) groups is 1. The third-order valence-corrected chi connectivity index (χ3v) is 4.55. The second kappa shape index (κ2) is 9.94. The van der Waals surface area contributed by atoms with Crippen LogP contribution in [0.25, 0.3) is 0 Å². The molecule has 0 aromatic heterocycles. The van der Waals surface area contributed by atoms with Crippen molar-refractivity contribution in [2.45, 2.75) is 18.6 Å². The SMILES string of the molecule is COc1ccccc1C(O)CNC(=O)CC1CSCCN1.Cl. The van der Waals surface area contributed by atoms with Crippen molar-refractivity contribution in [3.63, 3.8) is 0 Å². The summed E-state index contributed by atoms with van der Waals surface area (Å²) in [6, 6.07) is 7.51. The number of aliphatic hydroxyl groups excluding tert-OH is 1. The first kappa shape index (κ1) is 19.1. The number of benzene rings is 1. The van der Waals surface area contributed by atoms with Gasteiger partial charge in [-0.15, -0.1) is 12.4 Å². The lowest BCUT2D eigenvalue weighted by Gasteiger charge is -2.23. The van der Waals surface area contributed by atoms with Crippen molar-refractivity contribution in [1.82, 2.24) is 10.6 Å². The van der Waals surface area contributed by atoms with E-state index in [1.165, 1.54) is 0 Å². The number of carbonyl (C=O) groups excluding carboxylic acids is 1.